The molecule has 0 fully saturated rings. The normalized spacial score (nSPS) is 15.0. The molecule has 1 amide bonds. The number of hydrogen-bond donors (Lipinski definition) is 1. The molecule has 5 aromatic rings. The van der Waals surface area contributed by atoms with Crippen molar-refractivity contribution in [1.82, 2.24) is 4.57 Å². The highest BCUT2D eigenvalue weighted by Crippen LogP contribution is 2.31. The first-order chi connectivity index (χ1) is 19.8. The van der Waals surface area contributed by atoms with E-state index >= 15 is 0 Å². The Morgan fingerprint density at radius 2 is 1.80 bits per heavy atom. The molecule has 9 heteroatoms. The largest absolute Gasteiger partial charge is 0.457 e. The van der Waals surface area contributed by atoms with Crippen molar-refractivity contribution in [2.24, 2.45) is 4.99 Å². The van der Waals surface area contributed by atoms with E-state index in [2.05, 4.69) is 10.3 Å². The summed E-state index contributed by atoms with van der Waals surface area (Å²) in [5, 5.41) is 3.50. The van der Waals surface area contributed by atoms with Crippen LogP contribution in [-0.4, -0.2) is 10.5 Å². The zero-order valence-electron chi connectivity index (χ0n) is 22.0. The summed E-state index contributed by atoms with van der Waals surface area (Å²) in [5.74, 6) is 0.305. The van der Waals surface area contributed by atoms with Gasteiger partial charge in [-0.25, -0.2) is 9.38 Å². The highest BCUT2D eigenvalue weighted by Gasteiger charge is 2.32. The van der Waals surface area contributed by atoms with Gasteiger partial charge < -0.3 is 9.73 Å². The zero-order chi connectivity index (χ0) is 28.7. The van der Waals surface area contributed by atoms with Gasteiger partial charge in [-0.2, -0.15) is 0 Å². The maximum atomic E-state index is 13.9. The third-order valence-corrected chi connectivity index (χ3v) is 8.07. The lowest BCUT2D eigenvalue weighted by molar-refractivity contribution is -0.113. The molecule has 0 bridgehead atoms. The fourth-order valence-corrected chi connectivity index (χ4v) is 6.06. The number of fused-ring (bicyclic) bond motifs is 1. The number of nitrogens with one attached hydrogen (secondary N) is 1. The smallest absolute Gasteiger partial charge is 0.271 e. The lowest BCUT2D eigenvalue weighted by Crippen LogP contribution is -2.40. The highest BCUT2D eigenvalue weighted by molar-refractivity contribution is 7.07. The van der Waals surface area contributed by atoms with Crippen molar-refractivity contribution >= 4 is 40.6 Å². The van der Waals surface area contributed by atoms with Crippen LogP contribution in [0.15, 0.2) is 110 Å². The van der Waals surface area contributed by atoms with Crippen LogP contribution in [0.4, 0.5) is 10.1 Å². The van der Waals surface area contributed by atoms with Crippen LogP contribution in [-0.2, 0) is 4.79 Å². The summed E-state index contributed by atoms with van der Waals surface area (Å²) in [5.41, 5.74) is 3.50. The van der Waals surface area contributed by atoms with Crippen LogP contribution in [0.1, 0.15) is 29.9 Å². The lowest BCUT2D eigenvalue weighted by Gasteiger charge is -2.25. The number of anilines is 1. The van der Waals surface area contributed by atoms with E-state index in [0.717, 1.165) is 11.1 Å². The number of carbonyl (C=O) groups excluding carboxylic acids is 1. The minimum Gasteiger partial charge on any atom is -0.457 e. The Hall–Kier alpha value is -4.53. The molecule has 1 aliphatic heterocycles. The van der Waals surface area contributed by atoms with E-state index in [1.54, 1.807) is 43.3 Å². The number of nitrogens with zero attached hydrogens (tertiary/aromatic N) is 2. The fourth-order valence-electron chi connectivity index (χ4n) is 4.86. The molecule has 41 heavy (non-hydrogen) atoms. The third-order valence-electron chi connectivity index (χ3n) is 6.85. The summed E-state index contributed by atoms with van der Waals surface area (Å²) in [4.78, 5) is 32.5. The SMILES string of the molecule is CC1=C(C(=O)Nc2ccccc2)[C@H](c2ccc(F)cc2)n2c(s/c(=C\c3ccc(-c4cc(Cl)ccc4C)o3)c2=O)=N1. The number of para-hydroxylation sites is 1. The Bertz CT molecular complexity index is 2010. The number of rotatable bonds is 5. The van der Waals surface area contributed by atoms with Crippen LogP contribution in [0.3, 0.4) is 0 Å². The van der Waals surface area contributed by atoms with Crippen molar-refractivity contribution in [2.45, 2.75) is 19.9 Å². The molecule has 3 heterocycles. The van der Waals surface area contributed by atoms with Gasteiger partial charge in [0.2, 0.25) is 0 Å². The second kappa shape index (κ2) is 10.8. The minimum atomic E-state index is -0.806. The topological polar surface area (TPSA) is 76.6 Å². The molecular weight excluding hydrogens is 561 g/mol. The summed E-state index contributed by atoms with van der Waals surface area (Å²) < 4.78 is 21.8. The number of allylic oxidation sites excluding steroid dienone is 1. The van der Waals surface area contributed by atoms with Crippen molar-refractivity contribution in [3.63, 3.8) is 0 Å². The Morgan fingerprint density at radius 1 is 1.05 bits per heavy atom. The standard InChI is InChI=1S/C32H23ClFN3O3S/c1-18-8-11-21(33)16-25(18)26-15-14-24(40-26)17-27-31(39)37-29(20-9-12-22(34)13-10-20)28(19(2)35-32(37)41-27)30(38)36-23-6-4-3-5-7-23/h3-17,29H,1-2H3,(H,36,38)/b27-17-/t29-/m0/s1. The number of aromatic nitrogens is 1. The van der Waals surface area contributed by atoms with Crippen molar-refractivity contribution in [1.29, 1.82) is 0 Å². The molecular formula is C32H23ClFN3O3S. The van der Waals surface area contributed by atoms with Gasteiger partial charge in [0.15, 0.2) is 4.80 Å². The average Bonchev–Trinajstić information content (AvgIpc) is 3.54. The van der Waals surface area contributed by atoms with Gasteiger partial charge >= 0.3 is 0 Å². The quantitative estimate of drug-likeness (QED) is 0.266. The van der Waals surface area contributed by atoms with Crippen LogP contribution < -0.4 is 20.2 Å². The molecule has 0 saturated heterocycles. The summed E-state index contributed by atoms with van der Waals surface area (Å²) >= 11 is 7.39. The molecule has 0 unspecified atom stereocenters. The molecule has 1 atom stereocenters. The summed E-state index contributed by atoms with van der Waals surface area (Å²) in [6.45, 7) is 3.70. The number of halogens is 2. The number of aryl methyl sites for hydroxylation is 1. The minimum absolute atomic E-state index is 0.302. The molecule has 1 aliphatic rings. The van der Waals surface area contributed by atoms with E-state index < -0.39 is 17.8 Å². The van der Waals surface area contributed by atoms with E-state index in [1.807, 2.05) is 49.4 Å². The van der Waals surface area contributed by atoms with Gasteiger partial charge in [0, 0.05) is 22.3 Å². The molecule has 1 N–H and O–H groups in total. The summed E-state index contributed by atoms with van der Waals surface area (Å²) in [7, 11) is 0. The predicted octanol–water partition coefficient (Wildman–Crippen LogP) is 6.23. The second-order valence-electron chi connectivity index (χ2n) is 9.61. The van der Waals surface area contributed by atoms with Crippen LogP contribution in [0, 0.1) is 12.7 Å². The van der Waals surface area contributed by atoms with Crippen LogP contribution >= 0.6 is 22.9 Å². The van der Waals surface area contributed by atoms with E-state index in [9.17, 15) is 14.0 Å². The van der Waals surface area contributed by atoms with Crippen molar-refractivity contribution < 1.29 is 13.6 Å². The number of furan rings is 1. The Morgan fingerprint density at radius 3 is 2.56 bits per heavy atom. The second-order valence-corrected chi connectivity index (χ2v) is 11.1. The predicted molar refractivity (Wildman–Crippen MR) is 159 cm³/mol. The third kappa shape index (κ3) is 5.19. The first-order valence-corrected chi connectivity index (χ1v) is 14.0. The molecule has 0 saturated carbocycles. The van der Waals surface area contributed by atoms with Gasteiger partial charge in [-0.3, -0.25) is 14.2 Å². The number of amides is 1. The van der Waals surface area contributed by atoms with Gasteiger partial charge in [0.05, 0.1) is 21.8 Å². The van der Waals surface area contributed by atoms with Crippen molar-refractivity contribution in [3.8, 4) is 11.3 Å². The van der Waals surface area contributed by atoms with E-state index in [0.29, 0.717) is 48.4 Å². The van der Waals surface area contributed by atoms with Gasteiger partial charge in [-0.1, -0.05) is 59.3 Å². The highest BCUT2D eigenvalue weighted by atomic mass is 35.5. The van der Waals surface area contributed by atoms with Crippen molar-refractivity contribution in [2.75, 3.05) is 5.32 Å². The van der Waals surface area contributed by atoms with Crippen LogP contribution in [0.5, 0.6) is 0 Å². The lowest BCUT2D eigenvalue weighted by atomic mass is 9.95. The molecule has 3 aromatic carbocycles. The average molecular weight is 584 g/mol. The summed E-state index contributed by atoms with van der Waals surface area (Å²) in [6.07, 6.45) is 1.66. The number of benzene rings is 3. The molecule has 2 aromatic heterocycles. The summed E-state index contributed by atoms with van der Waals surface area (Å²) in [6, 6.07) is 23.2. The van der Waals surface area contributed by atoms with Gasteiger partial charge in [-0.15, -0.1) is 0 Å². The van der Waals surface area contributed by atoms with Crippen LogP contribution in [0.25, 0.3) is 17.4 Å². The van der Waals surface area contributed by atoms with Gasteiger partial charge in [-0.05, 0) is 73.5 Å². The maximum absolute atomic E-state index is 13.9. The zero-order valence-corrected chi connectivity index (χ0v) is 23.6. The number of carbonyl (C=O) groups is 1. The Kier molecular flexibility index (Phi) is 7.03. The Labute approximate surface area is 243 Å². The first-order valence-electron chi connectivity index (χ1n) is 12.8. The molecule has 6 nitrogen and oxygen atoms in total. The molecule has 0 spiro atoms. The molecule has 6 rings (SSSR count). The fraction of sp³-hybridized carbons (Fsp3) is 0.0938. The van der Waals surface area contributed by atoms with E-state index in [4.69, 9.17) is 16.0 Å². The number of hydrogen-bond acceptors (Lipinski definition) is 5. The monoisotopic (exact) mass is 583 g/mol. The van der Waals surface area contributed by atoms with Crippen LogP contribution in [0.2, 0.25) is 5.02 Å². The molecule has 204 valence electrons. The van der Waals surface area contributed by atoms with E-state index in [1.165, 1.54) is 28.0 Å². The maximum Gasteiger partial charge on any atom is 0.271 e. The molecule has 0 radical (unpaired) electrons. The van der Waals surface area contributed by atoms with Crippen molar-refractivity contribution in [3.05, 3.63) is 144 Å². The Balaban J connectivity index is 1.45. The van der Waals surface area contributed by atoms with E-state index in [-0.39, 0.29) is 5.56 Å². The van der Waals surface area contributed by atoms with Gasteiger partial charge in [0.1, 0.15) is 17.3 Å². The molecule has 0 aliphatic carbocycles. The van der Waals surface area contributed by atoms with Gasteiger partial charge in [0.25, 0.3) is 11.5 Å². The number of thiazole rings is 1. The first kappa shape index (κ1) is 26.7.